The highest BCUT2D eigenvalue weighted by molar-refractivity contribution is 7.90. The lowest BCUT2D eigenvalue weighted by Gasteiger charge is -1.96. The number of hydrogen-bond donors (Lipinski definition) is 0. The smallest absolute Gasteiger partial charge is 0.351 e. The number of nitroso groups, excluding NO2 is 1. The Hall–Kier alpha value is -1.14. The maximum absolute atomic E-state index is 10.8. The Morgan fingerprint density at radius 2 is 2.33 bits per heavy atom. The molecule has 0 spiro atoms. The molecule has 1 aromatic rings. The van der Waals surface area contributed by atoms with E-state index in [0.29, 0.717) is 0 Å². The van der Waals surface area contributed by atoms with Crippen molar-refractivity contribution < 1.29 is 13.8 Å². The maximum atomic E-state index is 10.8. The normalized spacial score (nSPS) is 12.5. The van der Waals surface area contributed by atoms with Gasteiger partial charge in [-0.3, -0.25) is 4.79 Å². The third kappa shape index (κ3) is 1.72. The molecule has 1 rings (SSSR count). The SMILES string of the molecule is C[S+]([O-])c1ccc(C(=O)N=O)o1. The number of carbonyl (C=O) groups is 1. The molecule has 0 radical (unpaired) electrons. The molecule has 1 unspecified atom stereocenters. The summed E-state index contributed by atoms with van der Waals surface area (Å²) in [4.78, 5) is 20.3. The second kappa shape index (κ2) is 3.51. The lowest BCUT2D eigenvalue weighted by molar-refractivity contribution is 0.0969. The van der Waals surface area contributed by atoms with Crippen LogP contribution in [0.15, 0.2) is 26.8 Å². The molecule has 1 atom stereocenters. The molecular formula is C6H5NO4S. The minimum atomic E-state index is -1.29. The molecular weight excluding hydrogens is 182 g/mol. The summed E-state index contributed by atoms with van der Waals surface area (Å²) in [6.07, 6.45) is 1.40. The van der Waals surface area contributed by atoms with Gasteiger partial charge in [0.15, 0.2) is 0 Å². The summed E-state index contributed by atoms with van der Waals surface area (Å²) in [5, 5.41) is 2.30. The first kappa shape index (κ1) is 8.95. The van der Waals surface area contributed by atoms with E-state index in [0.717, 1.165) is 0 Å². The maximum Gasteiger partial charge on any atom is 0.351 e. The van der Waals surface area contributed by atoms with Gasteiger partial charge < -0.3 is 8.97 Å². The molecule has 12 heavy (non-hydrogen) atoms. The summed E-state index contributed by atoms with van der Waals surface area (Å²) >= 11 is -1.29. The molecule has 5 nitrogen and oxygen atoms in total. The first-order valence-electron chi connectivity index (χ1n) is 2.96. The highest BCUT2D eigenvalue weighted by Crippen LogP contribution is 2.13. The number of rotatable bonds is 2. The van der Waals surface area contributed by atoms with Crippen LogP contribution in [0.5, 0.6) is 0 Å². The highest BCUT2D eigenvalue weighted by Gasteiger charge is 2.15. The monoisotopic (exact) mass is 187 g/mol. The van der Waals surface area contributed by atoms with Crippen molar-refractivity contribution in [1.82, 2.24) is 0 Å². The summed E-state index contributed by atoms with van der Waals surface area (Å²) in [6.45, 7) is 0. The summed E-state index contributed by atoms with van der Waals surface area (Å²) in [6, 6.07) is 2.63. The van der Waals surface area contributed by atoms with Gasteiger partial charge in [-0.2, -0.15) is 0 Å². The lowest BCUT2D eigenvalue weighted by Crippen LogP contribution is -1.94. The van der Waals surface area contributed by atoms with E-state index in [1.54, 1.807) is 0 Å². The van der Waals surface area contributed by atoms with E-state index >= 15 is 0 Å². The van der Waals surface area contributed by atoms with Gasteiger partial charge >= 0.3 is 11.0 Å². The van der Waals surface area contributed by atoms with Crippen molar-refractivity contribution in [3.05, 3.63) is 22.8 Å². The van der Waals surface area contributed by atoms with Crippen LogP contribution < -0.4 is 0 Å². The minimum Gasteiger partial charge on any atom is -0.609 e. The first-order valence-corrected chi connectivity index (χ1v) is 4.52. The molecule has 0 aliphatic heterocycles. The molecule has 0 aliphatic rings. The fourth-order valence-corrected chi connectivity index (χ4v) is 1.10. The largest absolute Gasteiger partial charge is 0.609 e. The van der Waals surface area contributed by atoms with Crippen molar-refractivity contribution >= 4 is 17.1 Å². The Bertz CT molecular complexity index is 306. The van der Waals surface area contributed by atoms with Gasteiger partial charge in [0.2, 0.25) is 5.76 Å². The Morgan fingerprint density at radius 1 is 1.67 bits per heavy atom. The Morgan fingerprint density at radius 3 is 2.75 bits per heavy atom. The van der Waals surface area contributed by atoms with Gasteiger partial charge in [-0.15, -0.1) is 4.91 Å². The van der Waals surface area contributed by atoms with E-state index in [1.165, 1.54) is 18.4 Å². The van der Waals surface area contributed by atoms with Crippen molar-refractivity contribution in [3.8, 4) is 0 Å². The van der Waals surface area contributed by atoms with Crippen molar-refractivity contribution in [2.45, 2.75) is 5.09 Å². The fourth-order valence-electron chi connectivity index (χ4n) is 0.635. The summed E-state index contributed by atoms with van der Waals surface area (Å²) in [7, 11) is 0. The second-order valence-electron chi connectivity index (χ2n) is 1.97. The average Bonchev–Trinajstić information content (AvgIpc) is 2.51. The van der Waals surface area contributed by atoms with Gasteiger partial charge in [-0.05, 0) is 6.07 Å². The number of carbonyl (C=O) groups excluding carboxylic acids is 1. The quantitative estimate of drug-likeness (QED) is 0.509. The molecule has 6 heteroatoms. The van der Waals surface area contributed by atoms with E-state index in [2.05, 4.69) is 5.18 Å². The van der Waals surface area contributed by atoms with E-state index in [4.69, 9.17) is 4.42 Å². The predicted octanol–water partition coefficient (Wildman–Crippen LogP) is 0.924. The number of amides is 1. The van der Waals surface area contributed by atoms with Gasteiger partial charge in [-0.25, -0.2) is 0 Å². The third-order valence-electron chi connectivity index (χ3n) is 1.16. The zero-order valence-electron chi connectivity index (χ0n) is 6.14. The molecule has 0 saturated carbocycles. The van der Waals surface area contributed by atoms with Crippen molar-refractivity contribution in [2.24, 2.45) is 5.18 Å². The van der Waals surface area contributed by atoms with E-state index in [1.807, 2.05) is 0 Å². The van der Waals surface area contributed by atoms with Crippen molar-refractivity contribution in [1.29, 1.82) is 0 Å². The number of furan rings is 1. The molecule has 1 heterocycles. The van der Waals surface area contributed by atoms with Gasteiger partial charge in [-0.1, -0.05) is 0 Å². The Labute approximate surface area is 70.9 Å². The minimum absolute atomic E-state index is 0.155. The molecule has 0 bridgehead atoms. The highest BCUT2D eigenvalue weighted by atomic mass is 32.2. The molecule has 0 N–H and O–H groups in total. The van der Waals surface area contributed by atoms with Crippen LogP contribution in [0.2, 0.25) is 0 Å². The number of nitrogens with zero attached hydrogens (tertiary/aromatic N) is 1. The molecule has 1 aromatic heterocycles. The molecule has 0 fully saturated rings. The summed E-state index contributed by atoms with van der Waals surface area (Å²) in [5.41, 5.74) is 0. The van der Waals surface area contributed by atoms with Crippen molar-refractivity contribution in [2.75, 3.05) is 6.26 Å². The molecule has 1 amide bonds. The summed E-state index contributed by atoms with van der Waals surface area (Å²) in [5.74, 6) is -1.18. The Balaban J connectivity index is 2.91. The van der Waals surface area contributed by atoms with Crippen LogP contribution in [0.25, 0.3) is 0 Å². The second-order valence-corrected chi connectivity index (χ2v) is 3.28. The van der Waals surface area contributed by atoms with Crippen LogP contribution >= 0.6 is 0 Å². The summed E-state index contributed by atoms with van der Waals surface area (Å²) < 4.78 is 15.5. The fraction of sp³-hybridized carbons (Fsp3) is 0.167. The van der Waals surface area contributed by atoms with Gasteiger partial charge in [0, 0.05) is 22.4 Å². The lowest BCUT2D eigenvalue weighted by atomic mass is 10.4. The zero-order chi connectivity index (χ0) is 9.14. The van der Waals surface area contributed by atoms with E-state index in [9.17, 15) is 14.3 Å². The zero-order valence-corrected chi connectivity index (χ0v) is 6.96. The van der Waals surface area contributed by atoms with E-state index < -0.39 is 17.1 Å². The molecule has 0 aliphatic carbocycles. The predicted molar refractivity (Wildman–Crippen MR) is 41.2 cm³/mol. The number of hydrogen-bond acceptors (Lipinski definition) is 4. The van der Waals surface area contributed by atoms with Gasteiger partial charge in [0.25, 0.3) is 0 Å². The van der Waals surface area contributed by atoms with Crippen LogP contribution in [0.3, 0.4) is 0 Å². The van der Waals surface area contributed by atoms with Crippen LogP contribution in [0.4, 0.5) is 0 Å². The van der Waals surface area contributed by atoms with Crippen molar-refractivity contribution in [3.63, 3.8) is 0 Å². The Kier molecular flexibility index (Phi) is 2.61. The standard InChI is InChI=1S/C6H5NO4S/c1-12(10)5-3-2-4(11-5)6(8)7-9/h2-3H,1H3. The first-order chi connectivity index (χ1) is 5.65. The van der Waals surface area contributed by atoms with Gasteiger partial charge in [0.05, 0.1) is 0 Å². The molecule has 64 valence electrons. The molecule has 0 aromatic carbocycles. The average molecular weight is 187 g/mol. The van der Waals surface area contributed by atoms with Crippen LogP contribution in [-0.4, -0.2) is 16.7 Å². The van der Waals surface area contributed by atoms with Gasteiger partial charge in [0.1, 0.15) is 6.26 Å². The van der Waals surface area contributed by atoms with Crippen LogP contribution in [-0.2, 0) is 11.2 Å². The van der Waals surface area contributed by atoms with Crippen LogP contribution in [0.1, 0.15) is 10.6 Å². The topological polar surface area (TPSA) is 82.7 Å². The molecule has 0 saturated heterocycles. The third-order valence-corrected chi connectivity index (χ3v) is 1.94. The van der Waals surface area contributed by atoms with Crippen LogP contribution in [0, 0.1) is 4.91 Å². The van der Waals surface area contributed by atoms with E-state index in [-0.39, 0.29) is 10.9 Å².